The minimum absolute atomic E-state index is 0.170. The number of rotatable bonds is 2. The fraction of sp³-hybridized carbons (Fsp3) is 0.0270. The number of hydrogen-bond donors (Lipinski definition) is 0. The molecule has 8 aromatic rings. The first-order valence-corrected chi connectivity index (χ1v) is 14.0. The van der Waals surface area contributed by atoms with E-state index < -0.39 is 0 Å². The van der Waals surface area contributed by atoms with Crippen molar-refractivity contribution in [2.45, 2.75) is 6.92 Å². The van der Waals surface area contributed by atoms with Crippen LogP contribution in [0, 0.1) is 6.92 Å². The highest BCUT2D eigenvalue weighted by Crippen LogP contribution is 2.40. The molecule has 2 nitrogen and oxygen atoms in total. The number of hydrogen-bond acceptors (Lipinski definition) is 0. The van der Waals surface area contributed by atoms with Gasteiger partial charge in [-0.25, -0.2) is 0 Å². The fourth-order valence-corrected chi connectivity index (χ4v) is 7.18. The second-order valence-corrected chi connectivity index (χ2v) is 11.0. The highest BCUT2D eigenvalue weighted by atomic mass is 15.0. The van der Waals surface area contributed by atoms with E-state index >= 15 is 0 Å². The summed E-state index contributed by atoms with van der Waals surface area (Å²) in [5, 5.41) is 5.17. The van der Waals surface area contributed by atoms with E-state index in [0.29, 0.717) is 0 Å². The molecule has 0 spiro atoms. The largest absolute Gasteiger partial charge is 0.310 e. The molecule has 0 saturated carbocycles. The van der Waals surface area contributed by atoms with Gasteiger partial charge in [-0.2, -0.15) is 0 Å². The Morgan fingerprint density at radius 3 is 1.73 bits per heavy atom. The molecule has 6 aromatic carbocycles. The van der Waals surface area contributed by atoms with Crippen molar-refractivity contribution in [1.29, 1.82) is 0 Å². The van der Waals surface area contributed by atoms with Gasteiger partial charge >= 0.3 is 0 Å². The van der Waals surface area contributed by atoms with Crippen LogP contribution in [-0.2, 0) is 0 Å². The molecule has 0 atom stereocenters. The van der Waals surface area contributed by atoms with Gasteiger partial charge in [-0.15, -0.1) is 0 Å². The molecule has 186 valence electrons. The molecule has 0 aliphatic carbocycles. The summed E-state index contributed by atoms with van der Waals surface area (Å²) >= 11 is 0. The van der Waals surface area contributed by atoms with Crippen LogP contribution in [0.15, 0.2) is 133 Å². The maximum absolute atomic E-state index is 2.51. The molecule has 3 heterocycles. The number of para-hydroxylation sites is 4. The lowest BCUT2D eigenvalue weighted by Gasteiger charge is -2.27. The summed E-state index contributed by atoms with van der Waals surface area (Å²) in [4.78, 5) is 0. The smallest absolute Gasteiger partial charge is 0.246 e. The predicted molar refractivity (Wildman–Crippen MR) is 171 cm³/mol. The van der Waals surface area contributed by atoms with Crippen LogP contribution in [0.5, 0.6) is 0 Å². The molecule has 2 aromatic heterocycles. The van der Waals surface area contributed by atoms with Crippen molar-refractivity contribution >= 4 is 66.7 Å². The van der Waals surface area contributed by atoms with E-state index in [0.717, 1.165) is 0 Å². The monoisotopic (exact) mass is 508 g/mol. The minimum Gasteiger partial charge on any atom is -0.310 e. The Morgan fingerprint density at radius 2 is 1.02 bits per heavy atom. The Kier molecular flexibility index (Phi) is 4.37. The zero-order valence-electron chi connectivity index (χ0n) is 22.2. The maximum Gasteiger partial charge on any atom is 0.246 e. The molecule has 0 saturated heterocycles. The van der Waals surface area contributed by atoms with E-state index in [9.17, 15) is 0 Å². The SMILES string of the molecule is Cc1ccc(B2c3ccccc3-n3c4ccccc4c4c(-n5c6ccccc6c6ccccc65)ccc2c43)cc1. The van der Waals surface area contributed by atoms with Crippen molar-refractivity contribution < 1.29 is 0 Å². The maximum atomic E-state index is 2.51. The van der Waals surface area contributed by atoms with Crippen LogP contribution in [0.4, 0.5) is 0 Å². The van der Waals surface area contributed by atoms with Crippen LogP contribution in [-0.4, -0.2) is 15.8 Å². The van der Waals surface area contributed by atoms with Crippen molar-refractivity contribution in [2.75, 3.05) is 0 Å². The van der Waals surface area contributed by atoms with Gasteiger partial charge < -0.3 is 9.13 Å². The summed E-state index contributed by atoms with van der Waals surface area (Å²) in [7, 11) is 0. The zero-order valence-corrected chi connectivity index (χ0v) is 22.2. The standard InChI is InChI=1S/C37H25BN2/c1-24-18-20-25(21-19-24)38-29-13-5-9-17-34(29)40-33-16-8-4-12-28(33)36-35(23-22-30(38)37(36)40)39-31-14-6-2-10-26(31)27-11-3-7-15-32(27)39/h2-23H,1H3. The summed E-state index contributed by atoms with van der Waals surface area (Å²) < 4.78 is 4.99. The number of aromatic nitrogens is 2. The van der Waals surface area contributed by atoms with Gasteiger partial charge in [-0.1, -0.05) is 114 Å². The van der Waals surface area contributed by atoms with Gasteiger partial charge in [0.05, 0.1) is 27.8 Å². The van der Waals surface area contributed by atoms with Gasteiger partial charge in [0.1, 0.15) is 0 Å². The molecule has 0 unspecified atom stereocenters. The summed E-state index contributed by atoms with van der Waals surface area (Å²) in [6.45, 7) is 2.33. The summed E-state index contributed by atoms with van der Waals surface area (Å²) in [5.41, 5.74) is 12.9. The highest BCUT2D eigenvalue weighted by molar-refractivity contribution is 6.98. The third kappa shape index (κ3) is 2.79. The Labute approximate surface area is 232 Å². The van der Waals surface area contributed by atoms with Gasteiger partial charge in [0.15, 0.2) is 0 Å². The fourth-order valence-electron chi connectivity index (χ4n) is 7.18. The topological polar surface area (TPSA) is 9.86 Å². The molecule has 0 bridgehead atoms. The third-order valence-corrected chi connectivity index (χ3v) is 8.86. The number of fused-ring (bicyclic) bond motifs is 8. The molecule has 0 amide bonds. The Morgan fingerprint density at radius 1 is 0.450 bits per heavy atom. The molecule has 1 aliphatic heterocycles. The van der Waals surface area contributed by atoms with Crippen molar-refractivity contribution in [3.05, 3.63) is 139 Å². The van der Waals surface area contributed by atoms with Crippen molar-refractivity contribution in [3.8, 4) is 11.4 Å². The Bertz CT molecular complexity index is 2230. The van der Waals surface area contributed by atoms with Gasteiger partial charge in [0, 0.05) is 27.2 Å². The molecule has 40 heavy (non-hydrogen) atoms. The van der Waals surface area contributed by atoms with E-state index in [4.69, 9.17) is 0 Å². The van der Waals surface area contributed by atoms with E-state index in [1.807, 2.05) is 0 Å². The van der Waals surface area contributed by atoms with E-state index in [1.165, 1.54) is 76.9 Å². The van der Waals surface area contributed by atoms with Crippen LogP contribution in [0.2, 0.25) is 0 Å². The Balaban J connectivity index is 1.49. The number of aryl methyl sites for hydroxylation is 1. The molecule has 1 aliphatic rings. The predicted octanol–water partition coefficient (Wildman–Crippen LogP) is 7.02. The summed E-state index contributed by atoms with van der Waals surface area (Å²) in [6.07, 6.45) is 0. The van der Waals surface area contributed by atoms with Crippen LogP contribution >= 0.6 is 0 Å². The average molecular weight is 508 g/mol. The van der Waals surface area contributed by atoms with Crippen molar-refractivity contribution in [3.63, 3.8) is 0 Å². The molecule has 9 rings (SSSR count). The first-order chi connectivity index (χ1) is 19.8. The average Bonchev–Trinajstić information content (AvgIpc) is 3.53. The second-order valence-electron chi connectivity index (χ2n) is 11.0. The normalized spacial score (nSPS) is 12.6. The van der Waals surface area contributed by atoms with Gasteiger partial charge in [-0.3, -0.25) is 0 Å². The van der Waals surface area contributed by atoms with Crippen LogP contribution in [0.3, 0.4) is 0 Å². The third-order valence-electron chi connectivity index (χ3n) is 8.86. The molecule has 0 fully saturated rings. The zero-order chi connectivity index (χ0) is 26.4. The van der Waals surface area contributed by atoms with E-state index in [-0.39, 0.29) is 6.71 Å². The summed E-state index contributed by atoms with van der Waals surface area (Å²) in [6, 6.07) is 49.3. The molecule has 0 N–H and O–H groups in total. The first kappa shape index (κ1) is 21.9. The van der Waals surface area contributed by atoms with Crippen LogP contribution in [0.25, 0.3) is 55.0 Å². The lowest BCUT2D eigenvalue weighted by atomic mass is 9.35. The number of benzene rings is 6. The molecular weight excluding hydrogens is 483 g/mol. The molecule has 3 heteroatoms. The Hall–Kier alpha value is -5.02. The second kappa shape index (κ2) is 8.00. The summed E-state index contributed by atoms with van der Waals surface area (Å²) in [5.74, 6) is 0. The lowest BCUT2D eigenvalue weighted by Crippen LogP contribution is -2.55. The van der Waals surface area contributed by atoms with E-state index in [1.54, 1.807) is 0 Å². The highest BCUT2D eigenvalue weighted by Gasteiger charge is 2.34. The van der Waals surface area contributed by atoms with Gasteiger partial charge in [0.25, 0.3) is 0 Å². The quantitative estimate of drug-likeness (QED) is 0.222. The van der Waals surface area contributed by atoms with Gasteiger partial charge in [-0.05, 0) is 48.2 Å². The molecule has 0 radical (unpaired) electrons. The minimum atomic E-state index is 0.170. The van der Waals surface area contributed by atoms with Gasteiger partial charge in [0.2, 0.25) is 6.71 Å². The van der Waals surface area contributed by atoms with E-state index in [2.05, 4.69) is 150 Å². The number of nitrogens with zero attached hydrogens (tertiary/aromatic N) is 2. The lowest BCUT2D eigenvalue weighted by molar-refractivity contribution is 1.18. The van der Waals surface area contributed by atoms with Crippen LogP contribution < -0.4 is 16.4 Å². The molecular formula is C37H25BN2. The van der Waals surface area contributed by atoms with Crippen LogP contribution in [0.1, 0.15) is 5.56 Å². The van der Waals surface area contributed by atoms with Crippen molar-refractivity contribution in [1.82, 2.24) is 9.13 Å². The first-order valence-electron chi connectivity index (χ1n) is 14.0. The van der Waals surface area contributed by atoms with Crippen molar-refractivity contribution in [2.24, 2.45) is 0 Å².